The zero-order valence-electron chi connectivity index (χ0n) is 11.2. The van der Waals surface area contributed by atoms with Crippen LogP contribution in [0.15, 0.2) is 45.1 Å². The van der Waals surface area contributed by atoms with Gasteiger partial charge in [0.1, 0.15) is 0 Å². The molecule has 0 aliphatic rings. The van der Waals surface area contributed by atoms with E-state index in [1.807, 2.05) is 11.8 Å². The van der Waals surface area contributed by atoms with E-state index in [0.717, 1.165) is 12.3 Å². The minimum absolute atomic E-state index is 0.278. The molecular formula is C15H18BrNS2. The van der Waals surface area contributed by atoms with E-state index in [-0.39, 0.29) is 6.04 Å². The van der Waals surface area contributed by atoms with Gasteiger partial charge in [0, 0.05) is 14.2 Å². The molecule has 1 aromatic carbocycles. The second-order valence-corrected chi connectivity index (χ2v) is 7.26. The van der Waals surface area contributed by atoms with Crippen molar-refractivity contribution in [1.29, 1.82) is 0 Å². The molecule has 19 heavy (non-hydrogen) atoms. The first-order chi connectivity index (χ1) is 9.26. The van der Waals surface area contributed by atoms with Gasteiger partial charge in [0.2, 0.25) is 0 Å². The Hall–Kier alpha value is -0.290. The molecule has 0 bridgehead atoms. The molecule has 0 spiro atoms. The number of halogens is 1. The lowest BCUT2D eigenvalue weighted by Gasteiger charge is -2.18. The predicted molar refractivity (Wildman–Crippen MR) is 90.4 cm³/mol. The predicted octanol–water partition coefficient (Wildman–Crippen LogP) is 5.32. The van der Waals surface area contributed by atoms with Gasteiger partial charge in [-0.25, -0.2) is 0 Å². The highest BCUT2D eigenvalue weighted by Gasteiger charge is 2.16. The number of rotatable bonds is 6. The summed E-state index contributed by atoms with van der Waals surface area (Å²) in [5.41, 5.74) is 1.32. The molecule has 0 fully saturated rings. The van der Waals surface area contributed by atoms with Crippen LogP contribution in [0.1, 0.15) is 30.3 Å². The lowest BCUT2D eigenvalue weighted by molar-refractivity contribution is 0.637. The maximum Gasteiger partial charge on any atom is 0.0682 e. The first kappa shape index (κ1) is 15.1. The Bertz CT molecular complexity index is 507. The van der Waals surface area contributed by atoms with Crippen LogP contribution in [0.4, 0.5) is 0 Å². The second kappa shape index (κ2) is 7.48. The monoisotopic (exact) mass is 355 g/mol. The summed E-state index contributed by atoms with van der Waals surface area (Å²) < 4.78 is 1.19. The molecule has 1 N–H and O–H groups in total. The molecule has 2 aromatic rings. The molecule has 0 saturated heterocycles. The molecule has 1 aromatic heterocycles. The minimum Gasteiger partial charge on any atom is -0.306 e. The fourth-order valence-electron chi connectivity index (χ4n) is 2.00. The standard InChI is InChI=1S/C15H18BrNS2/c1-3-17-14(15-13(16)9-10-19-15)11-5-7-12(8-6-11)18-4-2/h5-10,14,17H,3-4H2,1-2H3. The van der Waals surface area contributed by atoms with E-state index in [1.54, 1.807) is 11.3 Å². The summed E-state index contributed by atoms with van der Waals surface area (Å²) in [6, 6.07) is 11.3. The molecule has 2 rings (SSSR count). The normalized spacial score (nSPS) is 12.6. The molecule has 4 heteroatoms. The maximum atomic E-state index is 3.64. The Morgan fingerprint density at radius 3 is 2.47 bits per heavy atom. The number of hydrogen-bond acceptors (Lipinski definition) is 3. The summed E-state index contributed by atoms with van der Waals surface area (Å²) in [5.74, 6) is 1.12. The van der Waals surface area contributed by atoms with Crippen LogP contribution in [0.2, 0.25) is 0 Å². The molecule has 0 aliphatic heterocycles. The van der Waals surface area contributed by atoms with E-state index in [2.05, 4.69) is 70.8 Å². The van der Waals surface area contributed by atoms with Gasteiger partial charge in [0.15, 0.2) is 0 Å². The molecule has 102 valence electrons. The van der Waals surface area contributed by atoms with Crippen LogP contribution in [0.25, 0.3) is 0 Å². The highest BCUT2D eigenvalue weighted by Crippen LogP contribution is 2.33. The van der Waals surface area contributed by atoms with Crippen molar-refractivity contribution in [3.63, 3.8) is 0 Å². The number of benzene rings is 1. The van der Waals surface area contributed by atoms with E-state index >= 15 is 0 Å². The summed E-state index contributed by atoms with van der Waals surface area (Å²) in [5, 5.41) is 5.70. The molecule has 0 aliphatic carbocycles. The summed E-state index contributed by atoms with van der Waals surface area (Å²) in [4.78, 5) is 2.68. The Kier molecular flexibility index (Phi) is 5.95. The third kappa shape index (κ3) is 3.85. The van der Waals surface area contributed by atoms with Crippen molar-refractivity contribution in [2.75, 3.05) is 12.3 Å². The Morgan fingerprint density at radius 1 is 1.21 bits per heavy atom. The van der Waals surface area contributed by atoms with Gasteiger partial charge in [-0.15, -0.1) is 23.1 Å². The van der Waals surface area contributed by atoms with Crippen molar-refractivity contribution < 1.29 is 0 Å². The maximum absolute atomic E-state index is 3.64. The van der Waals surface area contributed by atoms with Crippen LogP contribution < -0.4 is 5.32 Å². The van der Waals surface area contributed by atoms with Crippen molar-refractivity contribution in [2.45, 2.75) is 24.8 Å². The molecule has 1 nitrogen and oxygen atoms in total. The third-order valence-corrected chi connectivity index (χ3v) is 5.67. The van der Waals surface area contributed by atoms with E-state index in [9.17, 15) is 0 Å². The summed E-state index contributed by atoms with van der Waals surface area (Å²) in [6.07, 6.45) is 0. The van der Waals surface area contributed by atoms with Gasteiger partial charge in [0.05, 0.1) is 6.04 Å². The summed E-state index contributed by atoms with van der Waals surface area (Å²) in [7, 11) is 0. The molecule has 1 unspecified atom stereocenters. The van der Waals surface area contributed by atoms with E-state index in [0.29, 0.717) is 0 Å². The Balaban J connectivity index is 2.26. The van der Waals surface area contributed by atoms with Crippen LogP contribution in [0.3, 0.4) is 0 Å². The van der Waals surface area contributed by atoms with Crippen LogP contribution in [-0.2, 0) is 0 Å². The number of nitrogens with one attached hydrogen (secondary N) is 1. The largest absolute Gasteiger partial charge is 0.306 e. The molecule has 1 atom stereocenters. The lowest BCUT2D eigenvalue weighted by Crippen LogP contribution is -2.21. The third-order valence-electron chi connectivity index (χ3n) is 2.84. The number of thiophene rings is 1. The Morgan fingerprint density at radius 2 is 1.95 bits per heavy atom. The van der Waals surface area contributed by atoms with Gasteiger partial charge in [-0.3, -0.25) is 0 Å². The molecule has 0 amide bonds. The molecule has 0 saturated carbocycles. The lowest BCUT2D eigenvalue weighted by atomic mass is 10.1. The van der Waals surface area contributed by atoms with Gasteiger partial charge in [-0.1, -0.05) is 26.0 Å². The van der Waals surface area contributed by atoms with Gasteiger partial charge in [0.25, 0.3) is 0 Å². The minimum atomic E-state index is 0.278. The van der Waals surface area contributed by atoms with Crippen LogP contribution in [0, 0.1) is 0 Å². The molecule has 1 heterocycles. The molecular weight excluding hydrogens is 338 g/mol. The fourth-order valence-corrected chi connectivity index (χ4v) is 4.37. The first-order valence-electron chi connectivity index (χ1n) is 6.45. The highest BCUT2D eigenvalue weighted by atomic mass is 79.9. The van der Waals surface area contributed by atoms with Crippen molar-refractivity contribution in [2.24, 2.45) is 0 Å². The first-order valence-corrected chi connectivity index (χ1v) is 9.11. The van der Waals surface area contributed by atoms with Gasteiger partial charge < -0.3 is 5.32 Å². The zero-order valence-corrected chi connectivity index (χ0v) is 14.4. The van der Waals surface area contributed by atoms with Crippen LogP contribution in [0.5, 0.6) is 0 Å². The fraction of sp³-hybridized carbons (Fsp3) is 0.333. The number of hydrogen-bond donors (Lipinski definition) is 1. The number of thioether (sulfide) groups is 1. The zero-order chi connectivity index (χ0) is 13.7. The second-order valence-electron chi connectivity index (χ2n) is 4.13. The van der Waals surface area contributed by atoms with Crippen molar-refractivity contribution in [1.82, 2.24) is 5.32 Å². The van der Waals surface area contributed by atoms with Gasteiger partial charge in [-0.2, -0.15) is 0 Å². The topological polar surface area (TPSA) is 12.0 Å². The summed E-state index contributed by atoms with van der Waals surface area (Å²) >= 11 is 7.31. The average Bonchev–Trinajstić information content (AvgIpc) is 2.84. The van der Waals surface area contributed by atoms with E-state index < -0.39 is 0 Å². The average molecular weight is 356 g/mol. The Labute approximate surface area is 131 Å². The highest BCUT2D eigenvalue weighted by molar-refractivity contribution is 9.10. The van der Waals surface area contributed by atoms with Crippen molar-refractivity contribution in [3.05, 3.63) is 50.6 Å². The summed E-state index contributed by atoms with van der Waals surface area (Å²) in [6.45, 7) is 5.29. The van der Waals surface area contributed by atoms with E-state index in [1.165, 1.54) is 19.8 Å². The van der Waals surface area contributed by atoms with E-state index in [4.69, 9.17) is 0 Å². The van der Waals surface area contributed by atoms with Gasteiger partial charge in [-0.05, 0) is 57.4 Å². The smallest absolute Gasteiger partial charge is 0.0682 e. The van der Waals surface area contributed by atoms with Crippen molar-refractivity contribution >= 4 is 39.0 Å². The van der Waals surface area contributed by atoms with Crippen LogP contribution in [-0.4, -0.2) is 12.3 Å². The van der Waals surface area contributed by atoms with Crippen molar-refractivity contribution in [3.8, 4) is 0 Å². The van der Waals surface area contributed by atoms with Gasteiger partial charge >= 0.3 is 0 Å². The SMILES string of the molecule is CCNC(c1ccc(SCC)cc1)c1sccc1Br. The molecule has 0 radical (unpaired) electrons. The van der Waals surface area contributed by atoms with Crippen LogP contribution >= 0.6 is 39.0 Å². The quantitative estimate of drug-likeness (QED) is 0.703.